The van der Waals surface area contributed by atoms with Crippen LogP contribution in [0.5, 0.6) is 0 Å². The van der Waals surface area contributed by atoms with E-state index in [-0.39, 0.29) is 11.7 Å². The third kappa shape index (κ3) is 3.52. The lowest BCUT2D eigenvalue weighted by molar-refractivity contribution is -0.134. The predicted octanol–water partition coefficient (Wildman–Crippen LogP) is 3.30. The molecule has 2 fully saturated rings. The fourth-order valence-electron chi connectivity index (χ4n) is 3.78. The molecule has 1 saturated carbocycles. The summed E-state index contributed by atoms with van der Waals surface area (Å²) in [6.07, 6.45) is 5.84. The van der Waals surface area contributed by atoms with E-state index in [1.807, 2.05) is 35.2 Å². The summed E-state index contributed by atoms with van der Waals surface area (Å²) in [6.45, 7) is 1.82. The standard InChI is InChI=1S/C18H23NO2/c20-17(16-7-2-1-3-8-16)9-10-18(21)19-12-14-5-4-6-15(11-14)13-19/h1-3,7-8,14-15H,4-6,9-13H2/t14-,15-/m1/s1. The van der Waals surface area contributed by atoms with E-state index in [9.17, 15) is 9.59 Å². The zero-order valence-corrected chi connectivity index (χ0v) is 12.5. The molecule has 3 nitrogen and oxygen atoms in total. The number of hydrogen-bond acceptors (Lipinski definition) is 2. The Balaban J connectivity index is 1.51. The summed E-state index contributed by atoms with van der Waals surface area (Å²) in [6, 6.07) is 9.26. The van der Waals surface area contributed by atoms with Gasteiger partial charge in [0.05, 0.1) is 0 Å². The third-order valence-electron chi connectivity index (χ3n) is 4.86. The molecule has 1 aliphatic heterocycles. The minimum atomic E-state index is 0.0705. The average molecular weight is 285 g/mol. The maximum absolute atomic E-state index is 12.3. The van der Waals surface area contributed by atoms with Crippen molar-refractivity contribution in [1.29, 1.82) is 0 Å². The monoisotopic (exact) mass is 285 g/mol. The molecule has 1 saturated heterocycles. The number of amides is 1. The number of nitrogens with zero attached hydrogens (tertiary/aromatic N) is 1. The van der Waals surface area contributed by atoms with Crippen molar-refractivity contribution in [2.45, 2.75) is 38.5 Å². The maximum Gasteiger partial charge on any atom is 0.223 e. The molecule has 2 atom stereocenters. The highest BCUT2D eigenvalue weighted by Crippen LogP contribution is 2.34. The first kappa shape index (κ1) is 14.3. The Morgan fingerprint density at radius 1 is 1.00 bits per heavy atom. The predicted molar refractivity (Wildman–Crippen MR) is 82.0 cm³/mol. The molecule has 0 unspecified atom stereocenters. The number of ketones is 1. The van der Waals surface area contributed by atoms with E-state index < -0.39 is 0 Å². The molecule has 112 valence electrons. The Morgan fingerprint density at radius 3 is 2.33 bits per heavy atom. The van der Waals surface area contributed by atoms with Gasteiger partial charge < -0.3 is 4.90 Å². The van der Waals surface area contributed by atoms with E-state index >= 15 is 0 Å². The van der Waals surface area contributed by atoms with Gasteiger partial charge in [0.15, 0.2) is 5.78 Å². The van der Waals surface area contributed by atoms with E-state index in [2.05, 4.69) is 0 Å². The fraction of sp³-hybridized carbons (Fsp3) is 0.556. The summed E-state index contributed by atoms with van der Waals surface area (Å²) in [5.74, 6) is 1.63. The lowest BCUT2D eigenvalue weighted by Crippen LogP contribution is -2.45. The first-order valence-electron chi connectivity index (χ1n) is 8.08. The summed E-state index contributed by atoms with van der Waals surface area (Å²) in [5.41, 5.74) is 0.709. The Hall–Kier alpha value is -1.64. The van der Waals surface area contributed by atoms with Gasteiger partial charge in [-0.25, -0.2) is 0 Å². The molecular weight excluding hydrogens is 262 g/mol. The Morgan fingerprint density at radius 2 is 1.67 bits per heavy atom. The number of hydrogen-bond donors (Lipinski definition) is 0. The van der Waals surface area contributed by atoms with Gasteiger partial charge >= 0.3 is 0 Å². The summed E-state index contributed by atoms with van der Waals surface area (Å²) in [5, 5.41) is 0. The molecule has 1 heterocycles. The van der Waals surface area contributed by atoms with Crippen LogP contribution in [-0.4, -0.2) is 29.7 Å². The second-order valence-corrected chi connectivity index (χ2v) is 6.49. The van der Waals surface area contributed by atoms with Crippen LogP contribution in [0.15, 0.2) is 30.3 Å². The van der Waals surface area contributed by atoms with Gasteiger partial charge in [0, 0.05) is 31.5 Å². The summed E-state index contributed by atoms with van der Waals surface area (Å²) >= 11 is 0. The molecule has 1 aliphatic carbocycles. The van der Waals surface area contributed by atoms with Gasteiger partial charge in [0.1, 0.15) is 0 Å². The lowest BCUT2D eigenvalue weighted by atomic mass is 9.78. The number of fused-ring (bicyclic) bond motifs is 2. The zero-order valence-electron chi connectivity index (χ0n) is 12.5. The molecule has 1 amide bonds. The van der Waals surface area contributed by atoms with Gasteiger partial charge in [-0.15, -0.1) is 0 Å². The molecule has 0 radical (unpaired) electrons. The largest absolute Gasteiger partial charge is 0.342 e. The minimum Gasteiger partial charge on any atom is -0.342 e. The first-order chi connectivity index (χ1) is 10.2. The highest BCUT2D eigenvalue weighted by atomic mass is 16.2. The van der Waals surface area contributed by atoms with Gasteiger partial charge in [0.2, 0.25) is 5.91 Å². The van der Waals surface area contributed by atoms with Crippen LogP contribution >= 0.6 is 0 Å². The van der Waals surface area contributed by atoms with Crippen LogP contribution in [0.25, 0.3) is 0 Å². The van der Waals surface area contributed by atoms with Gasteiger partial charge in [0.25, 0.3) is 0 Å². The van der Waals surface area contributed by atoms with Crippen LogP contribution in [0.4, 0.5) is 0 Å². The smallest absolute Gasteiger partial charge is 0.223 e. The summed E-state index contributed by atoms with van der Waals surface area (Å²) < 4.78 is 0. The number of likely N-dealkylation sites (tertiary alicyclic amines) is 1. The number of Topliss-reactive ketones (excluding diaryl/α,β-unsaturated/α-hetero) is 1. The van der Waals surface area contributed by atoms with Crippen molar-refractivity contribution in [1.82, 2.24) is 4.90 Å². The van der Waals surface area contributed by atoms with E-state index in [1.54, 1.807) is 0 Å². The minimum absolute atomic E-state index is 0.0705. The molecule has 0 N–H and O–H groups in total. The number of piperidine rings is 1. The van der Waals surface area contributed by atoms with Crippen LogP contribution in [-0.2, 0) is 4.79 Å². The fourth-order valence-corrected chi connectivity index (χ4v) is 3.78. The van der Waals surface area contributed by atoms with Gasteiger partial charge in [-0.3, -0.25) is 9.59 Å². The molecule has 0 spiro atoms. The SMILES string of the molecule is O=C(CCC(=O)N1C[C@@H]2CCC[C@H](C2)C1)c1ccccc1. The molecule has 2 aliphatic rings. The molecule has 1 aromatic rings. The van der Waals surface area contributed by atoms with Crippen molar-refractivity contribution in [3.05, 3.63) is 35.9 Å². The van der Waals surface area contributed by atoms with Crippen molar-refractivity contribution in [3.63, 3.8) is 0 Å². The van der Waals surface area contributed by atoms with Crippen LogP contribution in [0.3, 0.4) is 0 Å². The van der Waals surface area contributed by atoms with Crippen molar-refractivity contribution in [3.8, 4) is 0 Å². The van der Waals surface area contributed by atoms with E-state index in [0.29, 0.717) is 30.2 Å². The number of carbonyl (C=O) groups excluding carboxylic acids is 2. The van der Waals surface area contributed by atoms with Gasteiger partial charge in [-0.1, -0.05) is 36.8 Å². The van der Waals surface area contributed by atoms with E-state index in [1.165, 1.54) is 25.7 Å². The van der Waals surface area contributed by atoms with Crippen molar-refractivity contribution >= 4 is 11.7 Å². The Bertz CT molecular complexity index is 499. The van der Waals surface area contributed by atoms with Crippen LogP contribution in [0, 0.1) is 11.8 Å². The second-order valence-electron chi connectivity index (χ2n) is 6.49. The van der Waals surface area contributed by atoms with E-state index in [4.69, 9.17) is 0 Å². The van der Waals surface area contributed by atoms with Crippen LogP contribution in [0.2, 0.25) is 0 Å². The lowest BCUT2D eigenvalue weighted by Gasteiger charge is -2.41. The molecule has 3 heteroatoms. The summed E-state index contributed by atoms with van der Waals surface area (Å²) in [7, 11) is 0. The molecule has 0 aromatic heterocycles. The highest BCUT2D eigenvalue weighted by molar-refractivity contribution is 5.97. The first-order valence-corrected chi connectivity index (χ1v) is 8.08. The van der Waals surface area contributed by atoms with Gasteiger partial charge in [-0.2, -0.15) is 0 Å². The number of benzene rings is 1. The number of rotatable bonds is 4. The quantitative estimate of drug-likeness (QED) is 0.796. The number of carbonyl (C=O) groups is 2. The van der Waals surface area contributed by atoms with Crippen molar-refractivity contribution in [2.75, 3.05) is 13.1 Å². The van der Waals surface area contributed by atoms with Gasteiger partial charge in [-0.05, 0) is 31.1 Å². The highest BCUT2D eigenvalue weighted by Gasteiger charge is 2.32. The van der Waals surface area contributed by atoms with Crippen molar-refractivity contribution in [2.24, 2.45) is 11.8 Å². The molecule has 21 heavy (non-hydrogen) atoms. The maximum atomic E-state index is 12.3. The molecule has 2 bridgehead atoms. The topological polar surface area (TPSA) is 37.4 Å². The average Bonchev–Trinajstić information content (AvgIpc) is 2.52. The molecule has 3 rings (SSSR count). The van der Waals surface area contributed by atoms with Crippen molar-refractivity contribution < 1.29 is 9.59 Å². The normalized spacial score (nSPS) is 24.7. The van der Waals surface area contributed by atoms with Crippen LogP contribution < -0.4 is 0 Å². The zero-order chi connectivity index (χ0) is 14.7. The molecular formula is C18H23NO2. The van der Waals surface area contributed by atoms with Crippen LogP contribution in [0.1, 0.15) is 48.9 Å². The third-order valence-corrected chi connectivity index (χ3v) is 4.86. The Kier molecular flexibility index (Phi) is 4.37. The second kappa shape index (κ2) is 6.42. The Labute approximate surface area is 126 Å². The molecule has 1 aromatic carbocycles. The summed E-state index contributed by atoms with van der Waals surface area (Å²) in [4.78, 5) is 26.4. The van der Waals surface area contributed by atoms with E-state index in [0.717, 1.165) is 13.1 Å².